The van der Waals surface area contributed by atoms with Crippen LogP contribution in [0, 0.1) is 0 Å². The molecule has 2 rings (SSSR count). The summed E-state index contributed by atoms with van der Waals surface area (Å²) in [5.41, 5.74) is 4.90. The van der Waals surface area contributed by atoms with E-state index in [0.29, 0.717) is 11.5 Å². The van der Waals surface area contributed by atoms with Gasteiger partial charge in [0.05, 0.1) is 17.1 Å². The molecule has 7 heteroatoms. The quantitative estimate of drug-likeness (QED) is 0.916. The second-order valence-electron chi connectivity index (χ2n) is 3.58. The van der Waals surface area contributed by atoms with Crippen molar-refractivity contribution in [3.8, 4) is 5.69 Å². The summed E-state index contributed by atoms with van der Waals surface area (Å²) in [6.07, 6.45) is -1.47. The van der Waals surface area contributed by atoms with Crippen molar-refractivity contribution in [2.24, 2.45) is 5.73 Å². The van der Waals surface area contributed by atoms with Crippen LogP contribution in [0.4, 0.5) is 13.2 Å². The van der Waals surface area contributed by atoms with Gasteiger partial charge >= 0.3 is 6.18 Å². The highest BCUT2D eigenvalue weighted by molar-refractivity contribution is 6.31. The van der Waals surface area contributed by atoms with Gasteiger partial charge in [0.15, 0.2) is 0 Å². The molecule has 1 heterocycles. The van der Waals surface area contributed by atoms with Gasteiger partial charge in [-0.15, -0.1) is 0 Å². The summed E-state index contributed by atoms with van der Waals surface area (Å²) in [6, 6.07) is 3.67. The molecule has 1 aromatic heterocycles. The van der Waals surface area contributed by atoms with Gasteiger partial charge in [-0.05, 0) is 18.2 Å². The van der Waals surface area contributed by atoms with Gasteiger partial charge in [-0.25, -0.2) is 4.98 Å². The van der Waals surface area contributed by atoms with Gasteiger partial charge in [0.25, 0.3) is 0 Å². The average molecular weight is 276 g/mol. The molecule has 0 aliphatic rings. The largest absolute Gasteiger partial charge is 0.417 e. The first-order valence-corrected chi connectivity index (χ1v) is 5.40. The van der Waals surface area contributed by atoms with Crippen LogP contribution in [-0.2, 0) is 12.7 Å². The number of hydrogen-bond donors (Lipinski definition) is 1. The summed E-state index contributed by atoms with van der Waals surface area (Å²) >= 11 is 5.55. The third-order valence-corrected chi connectivity index (χ3v) is 2.76. The van der Waals surface area contributed by atoms with Crippen LogP contribution in [-0.4, -0.2) is 9.55 Å². The van der Waals surface area contributed by atoms with Gasteiger partial charge in [-0.2, -0.15) is 13.2 Å². The lowest BCUT2D eigenvalue weighted by Crippen LogP contribution is -2.09. The zero-order valence-corrected chi connectivity index (χ0v) is 9.83. The monoisotopic (exact) mass is 275 g/mol. The van der Waals surface area contributed by atoms with Crippen LogP contribution in [0.15, 0.2) is 30.6 Å². The fourth-order valence-electron chi connectivity index (χ4n) is 1.60. The van der Waals surface area contributed by atoms with Crippen molar-refractivity contribution in [3.63, 3.8) is 0 Å². The highest BCUT2D eigenvalue weighted by Gasteiger charge is 2.33. The summed E-state index contributed by atoms with van der Waals surface area (Å²) in [5.74, 6) is 0.477. The van der Waals surface area contributed by atoms with E-state index in [9.17, 15) is 13.2 Å². The van der Waals surface area contributed by atoms with Gasteiger partial charge < -0.3 is 10.3 Å². The molecule has 3 nitrogen and oxygen atoms in total. The molecule has 0 spiro atoms. The maximum atomic E-state index is 12.7. The Morgan fingerprint density at radius 3 is 2.67 bits per heavy atom. The molecule has 0 bridgehead atoms. The van der Waals surface area contributed by atoms with Crippen LogP contribution in [0.1, 0.15) is 11.4 Å². The van der Waals surface area contributed by atoms with Gasteiger partial charge in [-0.1, -0.05) is 11.6 Å². The molecule has 96 valence electrons. The molecule has 18 heavy (non-hydrogen) atoms. The van der Waals surface area contributed by atoms with E-state index in [0.717, 1.165) is 6.07 Å². The topological polar surface area (TPSA) is 43.8 Å². The molecule has 0 atom stereocenters. The van der Waals surface area contributed by atoms with E-state index in [1.165, 1.54) is 22.9 Å². The Labute approximate surface area is 106 Å². The lowest BCUT2D eigenvalue weighted by molar-refractivity contribution is -0.137. The number of hydrogen-bond acceptors (Lipinski definition) is 2. The Morgan fingerprint density at radius 1 is 1.33 bits per heavy atom. The van der Waals surface area contributed by atoms with Gasteiger partial charge in [0.2, 0.25) is 0 Å². The number of nitrogens with zero attached hydrogens (tertiary/aromatic N) is 2. The molecule has 2 N–H and O–H groups in total. The van der Waals surface area contributed by atoms with E-state index in [-0.39, 0.29) is 11.6 Å². The minimum absolute atomic E-state index is 0.136. The molecule has 1 aromatic carbocycles. The summed E-state index contributed by atoms with van der Waals surface area (Å²) < 4.78 is 39.6. The van der Waals surface area contributed by atoms with Crippen molar-refractivity contribution >= 4 is 11.6 Å². The van der Waals surface area contributed by atoms with Gasteiger partial charge in [0.1, 0.15) is 5.82 Å². The molecule has 0 saturated heterocycles. The lowest BCUT2D eigenvalue weighted by atomic mass is 10.2. The van der Waals surface area contributed by atoms with Gasteiger partial charge in [-0.3, -0.25) is 0 Å². The summed E-state index contributed by atoms with van der Waals surface area (Å²) in [5, 5.41) is -0.333. The molecule has 0 aliphatic heterocycles. The van der Waals surface area contributed by atoms with Crippen LogP contribution in [0.3, 0.4) is 0 Å². The summed E-state index contributed by atoms with van der Waals surface area (Å²) in [4.78, 5) is 3.95. The predicted molar refractivity (Wildman–Crippen MR) is 61.5 cm³/mol. The maximum Gasteiger partial charge on any atom is 0.417 e. The Hall–Kier alpha value is -1.53. The normalized spacial score (nSPS) is 11.8. The average Bonchev–Trinajstić information content (AvgIpc) is 2.76. The van der Waals surface area contributed by atoms with E-state index < -0.39 is 11.7 Å². The third kappa shape index (κ3) is 2.34. The summed E-state index contributed by atoms with van der Waals surface area (Å²) in [7, 11) is 0. The Bertz CT molecular complexity index is 563. The van der Waals surface area contributed by atoms with E-state index in [1.54, 1.807) is 6.20 Å². The highest BCUT2D eigenvalue weighted by atomic mass is 35.5. The first kappa shape index (κ1) is 12.9. The molecule has 0 saturated carbocycles. The number of aromatic nitrogens is 2. The third-order valence-electron chi connectivity index (χ3n) is 2.43. The zero-order chi connectivity index (χ0) is 13.3. The summed E-state index contributed by atoms with van der Waals surface area (Å²) in [6.45, 7) is 0.136. The van der Waals surface area contributed by atoms with E-state index in [2.05, 4.69) is 4.98 Å². The number of alkyl halides is 3. The van der Waals surface area contributed by atoms with Crippen LogP contribution in [0.5, 0.6) is 0 Å². The Morgan fingerprint density at radius 2 is 2.06 bits per heavy atom. The fraction of sp³-hybridized carbons (Fsp3) is 0.182. The van der Waals surface area contributed by atoms with E-state index >= 15 is 0 Å². The zero-order valence-electron chi connectivity index (χ0n) is 9.08. The number of rotatable bonds is 2. The Kier molecular flexibility index (Phi) is 3.32. The second kappa shape index (κ2) is 4.62. The van der Waals surface area contributed by atoms with Crippen LogP contribution in [0.2, 0.25) is 5.02 Å². The molecular weight excluding hydrogens is 267 g/mol. The molecule has 0 amide bonds. The second-order valence-corrected chi connectivity index (χ2v) is 3.99. The van der Waals surface area contributed by atoms with Crippen LogP contribution >= 0.6 is 11.6 Å². The molecule has 0 fully saturated rings. The fourth-order valence-corrected chi connectivity index (χ4v) is 1.83. The van der Waals surface area contributed by atoms with Crippen molar-refractivity contribution in [3.05, 3.63) is 47.0 Å². The lowest BCUT2D eigenvalue weighted by Gasteiger charge is -2.12. The number of halogens is 4. The number of imidazole rings is 1. The Balaban J connectivity index is 2.54. The molecule has 0 aliphatic carbocycles. The molecule has 2 aromatic rings. The standard InChI is InChI=1S/C11H9ClF3N3/c12-9-2-1-7(5-8(9)11(13,14)15)18-4-3-17-10(18)6-16/h1-5H,6,16H2. The minimum Gasteiger partial charge on any atom is -0.324 e. The van der Waals surface area contributed by atoms with Crippen molar-refractivity contribution in [1.82, 2.24) is 9.55 Å². The molecular formula is C11H9ClF3N3. The van der Waals surface area contributed by atoms with Crippen molar-refractivity contribution < 1.29 is 13.2 Å². The van der Waals surface area contributed by atoms with Crippen molar-refractivity contribution in [1.29, 1.82) is 0 Å². The van der Waals surface area contributed by atoms with Gasteiger partial charge in [0, 0.05) is 18.1 Å². The van der Waals surface area contributed by atoms with Crippen molar-refractivity contribution in [2.75, 3.05) is 0 Å². The first-order valence-electron chi connectivity index (χ1n) is 5.03. The first-order chi connectivity index (χ1) is 8.43. The van der Waals surface area contributed by atoms with Crippen LogP contribution in [0.25, 0.3) is 5.69 Å². The van der Waals surface area contributed by atoms with Crippen molar-refractivity contribution in [2.45, 2.75) is 12.7 Å². The molecule has 0 unspecified atom stereocenters. The smallest absolute Gasteiger partial charge is 0.324 e. The SMILES string of the molecule is NCc1nccn1-c1ccc(Cl)c(C(F)(F)F)c1. The van der Waals surface area contributed by atoms with E-state index in [1.807, 2.05) is 0 Å². The minimum atomic E-state index is -4.49. The van der Waals surface area contributed by atoms with E-state index in [4.69, 9.17) is 17.3 Å². The maximum absolute atomic E-state index is 12.7. The molecule has 0 radical (unpaired) electrons. The number of benzene rings is 1. The highest BCUT2D eigenvalue weighted by Crippen LogP contribution is 2.35. The predicted octanol–water partition coefficient (Wildman–Crippen LogP) is 3.00. The number of nitrogens with two attached hydrogens (primary N) is 1. The van der Waals surface area contributed by atoms with Crippen LogP contribution < -0.4 is 5.73 Å².